The van der Waals surface area contributed by atoms with Crippen molar-refractivity contribution in [2.24, 2.45) is 0 Å². The van der Waals surface area contributed by atoms with E-state index in [0.717, 1.165) is 24.0 Å². The Kier molecular flexibility index (Phi) is 10.2. The Morgan fingerprint density at radius 1 is 0.475 bits per heavy atom. The van der Waals surface area contributed by atoms with Crippen LogP contribution in [-0.4, -0.2) is 10.2 Å². The van der Waals surface area contributed by atoms with Crippen molar-refractivity contribution >= 4 is 0 Å². The zero-order valence-electron chi connectivity index (χ0n) is 25.7. The van der Waals surface area contributed by atoms with E-state index in [1.807, 2.05) is 0 Å². The summed E-state index contributed by atoms with van der Waals surface area (Å²) in [5.74, 6) is 2.05. The highest BCUT2D eigenvalue weighted by molar-refractivity contribution is 5.54. The molecule has 0 spiro atoms. The van der Waals surface area contributed by atoms with Crippen LogP contribution >= 0.6 is 0 Å². The van der Waals surface area contributed by atoms with E-state index in [-0.39, 0.29) is 5.41 Å². The van der Waals surface area contributed by atoms with Crippen molar-refractivity contribution in [1.82, 2.24) is 0 Å². The summed E-state index contributed by atoms with van der Waals surface area (Å²) in [4.78, 5) is 0. The van der Waals surface area contributed by atoms with Crippen LogP contribution in [0.5, 0.6) is 11.5 Å². The molecule has 2 aromatic rings. The van der Waals surface area contributed by atoms with Crippen molar-refractivity contribution in [3.63, 3.8) is 0 Å². The molecule has 0 radical (unpaired) electrons. The van der Waals surface area contributed by atoms with Crippen molar-refractivity contribution in [2.75, 3.05) is 0 Å². The van der Waals surface area contributed by atoms with Crippen LogP contribution in [0.3, 0.4) is 0 Å². The summed E-state index contributed by atoms with van der Waals surface area (Å²) in [6.45, 7) is 4.26. The average molecular weight is 545 g/mol. The average Bonchev–Trinajstić information content (AvgIpc) is 2.97. The second kappa shape index (κ2) is 13.8. The smallest absolute Gasteiger partial charge is 0.121 e. The summed E-state index contributed by atoms with van der Waals surface area (Å²) in [7, 11) is 0. The lowest BCUT2D eigenvalue weighted by atomic mass is 9.65. The third kappa shape index (κ3) is 6.57. The van der Waals surface area contributed by atoms with E-state index < -0.39 is 0 Å². The number of aryl methyl sites for hydroxylation is 2. The lowest BCUT2D eigenvalue weighted by Crippen LogP contribution is -2.29. The van der Waals surface area contributed by atoms with Gasteiger partial charge in [0.2, 0.25) is 0 Å². The summed E-state index contributed by atoms with van der Waals surface area (Å²) >= 11 is 0. The molecule has 220 valence electrons. The highest BCUT2D eigenvalue weighted by Crippen LogP contribution is 2.49. The van der Waals surface area contributed by atoms with Gasteiger partial charge in [0.25, 0.3) is 0 Å². The van der Waals surface area contributed by atoms with Gasteiger partial charge in [-0.05, 0) is 97.6 Å². The Bertz CT molecular complexity index is 1020. The third-order valence-corrected chi connectivity index (χ3v) is 11.1. The first-order valence-corrected chi connectivity index (χ1v) is 17.2. The molecule has 2 aromatic carbocycles. The topological polar surface area (TPSA) is 40.5 Å². The van der Waals surface area contributed by atoms with Crippen LogP contribution in [0, 0.1) is 13.8 Å². The molecule has 40 heavy (non-hydrogen) atoms. The normalized spacial score (nSPS) is 22.4. The number of hydrogen-bond acceptors (Lipinski definition) is 2. The van der Waals surface area contributed by atoms with Crippen LogP contribution < -0.4 is 0 Å². The van der Waals surface area contributed by atoms with Crippen molar-refractivity contribution in [3.8, 4) is 11.5 Å². The summed E-state index contributed by atoms with van der Waals surface area (Å²) in [5, 5.41) is 22.7. The SMILES string of the molecule is Cc1cc(C2(c3cc(C)c(O)c(C4CCCCC4)c3)CCCCCCCCCCC2)cc(C2CCCCC2)c1O. The van der Waals surface area contributed by atoms with E-state index in [4.69, 9.17) is 0 Å². The second-order valence-corrected chi connectivity index (χ2v) is 13.9. The molecule has 0 aromatic heterocycles. The fourth-order valence-corrected chi connectivity index (χ4v) is 8.58. The van der Waals surface area contributed by atoms with E-state index in [9.17, 15) is 10.2 Å². The van der Waals surface area contributed by atoms with E-state index in [1.165, 1.54) is 144 Å². The Hall–Kier alpha value is -1.96. The van der Waals surface area contributed by atoms with E-state index >= 15 is 0 Å². The molecule has 0 unspecified atom stereocenters. The van der Waals surface area contributed by atoms with Crippen LogP contribution in [0.1, 0.15) is 180 Å². The van der Waals surface area contributed by atoms with Gasteiger partial charge >= 0.3 is 0 Å². The molecular weight excluding hydrogens is 488 g/mol. The molecule has 3 aliphatic carbocycles. The molecule has 0 aliphatic heterocycles. The van der Waals surface area contributed by atoms with E-state index in [2.05, 4.69) is 38.1 Å². The van der Waals surface area contributed by atoms with Gasteiger partial charge in [0.05, 0.1) is 0 Å². The molecule has 2 nitrogen and oxygen atoms in total. The van der Waals surface area contributed by atoms with Crippen LogP contribution in [-0.2, 0) is 5.41 Å². The van der Waals surface area contributed by atoms with Gasteiger partial charge in [0, 0.05) is 5.41 Å². The summed E-state index contributed by atoms with van der Waals surface area (Å²) in [6.07, 6.45) is 26.9. The van der Waals surface area contributed by atoms with Crippen molar-refractivity contribution in [1.29, 1.82) is 0 Å². The maximum atomic E-state index is 11.3. The third-order valence-electron chi connectivity index (χ3n) is 11.1. The molecular formula is C38H56O2. The maximum absolute atomic E-state index is 11.3. The Balaban J connectivity index is 1.65. The number of rotatable bonds is 4. The van der Waals surface area contributed by atoms with Crippen LogP contribution in [0.2, 0.25) is 0 Å². The zero-order valence-corrected chi connectivity index (χ0v) is 25.7. The lowest BCUT2D eigenvalue weighted by molar-refractivity contribution is 0.375. The minimum absolute atomic E-state index is 0.0665. The molecule has 3 aliphatic rings. The zero-order chi connectivity index (χ0) is 28.0. The number of benzene rings is 2. The predicted octanol–water partition coefficient (Wildman–Crippen LogP) is 11.4. The van der Waals surface area contributed by atoms with Crippen LogP contribution in [0.4, 0.5) is 0 Å². The molecule has 0 saturated heterocycles. The largest absolute Gasteiger partial charge is 0.507 e. The van der Waals surface area contributed by atoms with Crippen molar-refractivity contribution in [3.05, 3.63) is 57.6 Å². The first-order chi connectivity index (χ1) is 19.5. The fraction of sp³-hybridized carbons (Fsp3) is 0.684. The minimum atomic E-state index is -0.0665. The second-order valence-electron chi connectivity index (χ2n) is 13.9. The summed E-state index contributed by atoms with van der Waals surface area (Å²) in [6, 6.07) is 9.59. The van der Waals surface area contributed by atoms with Crippen LogP contribution in [0.25, 0.3) is 0 Å². The quantitative estimate of drug-likeness (QED) is 0.402. The van der Waals surface area contributed by atoms with Gasteiger partial charge in [-0.15, -0.1) is 0 Å². The van der Waals surface area contributed by atoms with Gasteiger partial charge in [0.1, 0.15) is 11.5 Å². The van der Waals surface area contributed by atoms with Gasteiger partial charge in [-0.3, -0.25) is 0 Å². The first-order valence-electron chi connectivity index (χ1n) is 17.2. The lowest BCUT2D eigenvalue weighted by Gasteiger charge is -2.38. The molecule has 2 N–H and O–H groups in total. The molecule has 5 rings (SSSR count). The summed E-state index contributed by atoms with van der Waals surface area (Å²) < 4.78 is 0. The number of aromatic hydroxyl groups is 2. The van der Waals surface area contributed by atoms with Gasteiger partial charge in [-0.1, -0.05) is 121 Å². The summed E-state index contributed by atoms with van der Waals surface area (Å²) in [5.41, 5.74) is 7.31. The Morgan fingerprint density at radius 2 is 0.800 bits per heavy atom. The Morgan fingerprint density at radius 3 is 1.18 bits per heavy atom. The molecule has 0 amide bonds. The molecule has 3 fully saturated rings. The fourth-order valence-electron chi connectivity index (χ4n) is 8.58. The number of hydrogen-bond donors (Lipinski definition) is 2. The number of phenolic OH excluding ortho intramolecular Hbond substituents is 2. The van der Waals surface area contributed by atoms with Crippen molar-refractivity contribution < 1.29 is 10.2 Å². The maximum Gasteiger partial charge on any atom is 0.121 e. The monoisotopic (exact) mass is 544 g/mol. The highest BCUT2D eigenvalue weighted by Gasteiger charge is 2.37. The predicted molar refractivity (Wildman–Crippen MR) is 169 cm³/mol. The van der Waals surface area contributed by atoms with E-state index in [1.54, 1.807) is 0 Å². The molecule has 3 saturated carbocycles. The standard InChI is InChI=1S/C38H56O2/c1-28-24-32(26-34(36(28)39)30-18-12-10-13-19-30)38(22-16-8-6-4-3-5-7-9-17-23-38)33-25-29(2)37(40)35(27-33)31-20-14-11-15-21-31/h24-27,30-31,39-40H,3-23H2,1-2H3. The van der Waals surface area contributed by atoms with Gasteiger partial charge in [-0.2, -0.15) is 0 Å². The first kappa shape index (κ1) is 29.5. The van der Waals surface area contributed by atoms with Crippen molar-refractivity contribution in [2.45, 2.75) is 166 Å². The van der Waals surface area contributed by atoms with E-state index in [0.29, 0.717) is 23.3 Å². The minimum Gasteiger partial charge on any atom is -0.507 e. The van der Waals surface area contributed by atoms with Gasteiger partial charge in [-0.25, -0.2) is 0 Å². The van der Waals surface area contributed by atoms with Gasteiger partial charge < -0.3 is 10.2 Å². The Labute approximate surface area is 245 Å². The molecule has 2 heteroatoms. The number of phenols is 2. The highest BCUT2D eigenvalue weighted by atomic mass is 16.3. The molecule has 0 heterocycles. The molecule has 0 atom stereocenters. The van der Waals surface area contributed by atoms with Gasteiger partial charge in [0.15, 0.2) is 0 Å². The molecule has 0 bridgehead atoms. The van der Waals surface area contributed by atoms with Crippen LogP contribution in [0.15, 0.2) is 24.3 Å².